The molecule has 4 aromatic rings. The Bertz CT molecular complexity index is 1410. The van der Waals surface area contributed by atoms with Crippen molar-refractivity contribution in [1.82, 2.24) is 9.97 Å². The second kappa shape index (κ2) is 11.2. The first-order valence-corrected chi connectivity index (χ1v) is 13.1. The van der Waals surface area contributed by atoms with Crippen LogP contribution in [-0.4, -0.2) is 23.0 Å². The van der Waals surface area contributed by atoms with Crippen LogP contribution in [0.5, 0.6) is 5.75 Å². The van der Waals surface area contributed by atoms with Crippen molar-refractivity contribution in [3.8, 4) is 5.75 Å². The van der Waals surface area contributed by atoms with Gasteiger partial charge in [0.1, 0.15) is 11.6 Å². The molecular formula is C30H31ClN4O2. The molecule has 0 fully saturated rings. The van der Waals surface area contributed by atoms with Gasteiger partial charge in [-0.05, 0) is 79.5 Å². The van der Waals surface area contributed by atoms with Gasteiger partial charge in [-0.15, -0.1) is 0 Å². The van der Waals surface area contributed by atoms with Gasteiger partial charge in [-0.25, -0.2) is 4.98 Å². The lowest BCUT2D eigenvalue weighted by Crippen LogP contribution is -2.21. The van der Waals surface area contributed by atoms with Gasteiger partial charge in [-0.1, -0.05) is 42.8 Å². The average molecular weight is 515 g/mol. The molecule has 0 saturated heterocycles. The van der Waals surface area contributed by atoms with Crippen molar-refractivity contribution in [2.24, 2.45) is 11.8 Å². The Hall–Kier alpha value is -3.64. The number of fused-ring (bicyclic) bond motifs is 2. The monoisotopic (exact) mass is 514 g/mol. The molecular weight excluding hydrogens is 484 g/mol. The average Bonchev–Trinajstić information content (AvgIpc) is 3.12. The van der Waals surface area contributed by atoms with E-state index in [1.807, 2.05) is 24.3 Å². The second-order valence-corrected chi connectivity index (χ2v) is 10.1. The maximum absolute atomic E-state index is 12.9. The molecule has 7 heteroatoms. The van der Waals surface area contributed by atoms with Crippen molar-refractivity contribution < 1.29 is 9.53 Å². The highest BCUT2D eigenvalue weighted by atomic mass is 35.5. The maximum atomic E-state index is 12.9. The molecule has 190 valence electrons. The van der Waals surface area contributed by atoms with E-state index in [4.69, 9.17) is 21.3 Å². The zero-order chi connectivity index (χ0) is 25.8. The minimum absolute atomic E-state index is 0.0313. The first-order chi connectivity index (χ1) is 18.0. The summed E-state index contributed by atoms with van der Waals surface area (Å²) in [5, 5.41) is 8.23. The fourth-order valence-electron chi connectivity index (χ4n) is 5.29. The maximum Gasteiger partial charge on any atom is 0.224 e. The molecule has 37 heavy (non-hydrogen) atoms. The first kappa shape index (κ1) is 25.0. The highest BCUT2D eigenvalue weighted by molar-refractivity contribution is 6.31. The van der Waals surface area contributed by atoms with Gasteiger partial charge in [-0.2, -0.15) is 0 Å². The van der Waals surface area contributed by atoms with Crippen LogP contribution in [0, 0.1) is 11.8 Å². The number of benzene rings is 2. The summed E-state index contributed by atoms with van der Waals surface area (Å²) in [6.45, 7) is 2.17. The van der Waals surface area contributed by atoms with Crippen LogP contribution in [0.1, 0.15) is 37.4 Å². The van der Waals surface area contributed by atoms with E-state index in [0.717, 1.165) is 53.8 Å². The number of nitrogens with one attached hydrogen (secondary N) is 2. The van der Waals surface area contributed by atoms with E-state index in [0.29, 0.717) is 28.8 Å². The molecule has 1 aliphatic carbocycles. The molecule has 0 saturated carbocycles. The van der Waals surface area contributed by atoms with E-state index >= 15 is 0 Å². The number of rotatable bonds is 7. The summed E-state index contributed by atoms with van der Waals surface area (Å²) in [6, 6.07) is 19.4. The number of aromatic nitrogens is 2. The Balaban J connectivity index is 1.33. The van der Waals surface area contributed by atoms with Crippen molar-refractivity contribution >= 4 is 45.6 Å². The second-order valence-electron chi connectivity index (χ2n) is 9.68. The van der Waals surface area contributed by atoms with Gasteiger partial charge >= 0.3 is 0 Å². The molecule has 0 radical (unpaired) electrons. The number of pyridine rings is 2. The van der Waals surface area contributed by atoms with Crippen LogP contribution in [0.4, 0.5) is 17.2 Å². The van der Waals surface area contributed by atoms with Crippen molar-refractivity contribution in [3.05, 3.63) is 83.1 Å². The van der Waals surface area contributed by atoms with Gasteiger partial charge in [0.2, 0.25) is 5.91 Å². The number of nitrogens with zero attached hydrogens (tertiary/aromatic N) is 2. The van der Waals surface area contributed by atoms with E-state index in [-0.39, 0.29) is 11.8 Å². The number of para-hydroxylation sites is 1. The summed E-state index contributed by atoms with van der Waals surface area (Å²) in [6.07, 6.45) is 6.02. The van der Waals surface area contributed by atoms with E-state index in [9.17, 15) is 4.79 Å². The largest absolute Gasteiger partial charge is 0.495 e. The van der Waals surface area contributed by atoms with Crippen LogP contribution in [0.25, 0.3) is 10.9 Å². The summed E-state index contributed by atoms with van der Waals surface area (Å²) in [7, 11) is 1.58. The summed E-state index contributed by atoms with van der Waals surface area (Å²) in [5.41, 5.74) is 5.08. The number of hydrogen-bond donors (Lipinski definition) is 2. The van der Waals surface area contributed by atoms with E-state index in [1.165, 1.54) is 5.56 Å². The molecule has 5 rings (SSSR count). The third-order valence-electron chi connectivity index (χ3n) is 7.26. The van der Waals surface area contributed by atoms with Gasteiger partial charge in [-0.3, -0.25) is 9.78 Å². The Morgan fingerprint density at radius 3 is 2.73 bits per heavy atom. The molecule has 0 aliphatic heterocycles. The molecule has 2 unspecified atom stereocenters. The molecule has 0 spiro atoms. The summed E-state index contributed by atoms with van der Waals surface area (Å²) < 4.78 is 5.37. The van der Waals surface area contributed by atoms with Gasteiger partial charge in [0, 0.05) is 28.7 Å². The standard InChI is InChI=1S/C30H31ClN4O2/c1-19(17-29(36)34-26-18-21(31)12-15-27(26)37-2)20-10-13-23-25(14-11-20)33-24-8-4-3-7-22(24)30(23)35-28-9-5-6-16-32-28/h3-9,12,15-16,18-20H,10-11,13-14,17H2,1-2H3,(H,34,36)(H,32,33,35). The fraction of sp³-hybridized carbons (Fsp3) is 0.300. The fourth-order valence-corrected chi connectivity index (χ4v) is 5.46. The predicted molar refractivity (Wildman–Crippen MR) is 150 cm³/mol. The number of hydrogen-bond acceptors (Lipinski definition) is 5. The number of carbonyl (C=O) groups excluding carboxylic acids is 1. The van der Waals surface area contributed by atoms with Crippen molar-refractivity contribution in [2.45, 2.75) is 39.0 Å². The topological polar surface area (TPSA) is 76.1 Å². The van der Waals surface area contributed by atoms with Crippen molar-refractivity contribution in [2.75, 3.05) is 17.7 Å². The molecule has 2 N–H and O–H groups in total. The van der Waals surface area contributed by atoms with Gasteiger partial charge in [0.05, 0.1) is 24.0 Å². The number of carbonyl (C=O) groups is 1. The summed E-state index contributed by atoms with van der Waals surface area (Å²) >= 11 is 6.13. The zero-order valence-electron chi connectivity index (χ0n) is 21.1. The minimum atomic E-state index is -0.0313. The van der Waals surface area contributed by atoms with Gasteiger partial charge < -0.3 is 15.4 Å². The normalized spacial score (nSPS) is 15.9. The highest BCUT2D eigenvalue weighted by Gasteiger charge is 2.26. The number of methoxy groups -OCH3 is 1. The molecule has 2 heterocycles. The minimum Gasteiger partial charge on any atom is -0.495 e. The summed E-state index contributed by atoms with van der Waals surface area (Å²) in [5.74, 6) is 2.02. The molecule has 1 aliphatic rings. The Morgan fingerprint density at radius 2 is 1.92 bits per heavy atom. The van der Waals surface area contributed by atoms with Gasteiger partial charge in [0.15, 0.2) is 0 Å². The van der Waals surface area contributed by atoms with E-state index in [1.54, 1.807) is 31.5 Å². The SMILES string of the molecule is COc1ccc(Cl)cc1NC(=O)CC(C)C1CCc2nc3ccccc3c(Nc3ccccn3)c2CC1. The van der Waals surface area contributed by atoms with Crippen molar-refractivity contribution in [3.63, 3.8) is 0 Å². The number of halogens is 1. The molecule has 2 atom stereocenters. The highest BCUT2D eigenvalue weighted by Crippen LogP contribution is 2.38. The lowest BCUT2D eigenvalue weighted by atomic mass is 9.85. The van der Waals surface area contributed by atoms with Crippen LogP contribution < -0.4 is 15.4 Å². The molecule has 0 bridgehead atoms. The van der Waals surface area contributed by atoms with Crippen LogP contribution in [-0.2, 0) is 17.6 Å². The number of aryl methyl sites for hydroxylation is 1. The van der Waals surface area contributed by atoms with Crippen molar-refractivity contribution in [1.29, 1.82) is 0 Å². The quantitative estimate of drug-likeness (QED) is 0.255. The lowest BCUT2D eigenvalue weighted by Gasteiger charge is -2.22. The van der Waals surface area contributed by atoms with Crippen LogP contribution in [0.3, 0.4) is 0 Å². The molecule has 2 aromatic heterocycles. The predicted octanol–water partition coefficient (Wildman–Crippen LogP) is 7.20. The lowest BCUT2D eigenvalue weighted by molar-refractivity contribution is -0.117. The van der Waals surface area contributed by atoms with Gasteiger partial charge in [0.25, 0.3) is 0 Å². The Morgan fingerprint density at radius 1 is 1.11 bits per heavy atom. The number of amides is 1. The Kier molecular flexibility index (Phi) is 7.56. The number of ether oxygens (including phenoxy) is 1. The number of anilines is 3. The molecule has 1 amide bonds. The summed E-state index contributed by atoms with van der Waals surface area (Å²) in [4.78, 5) is 22.5. The van der Waals surface area contributed by atoms with Crippen LogP contribution in [0.2, 0.25) is 5.02 Å². The van der Waals surface area contributed by atoms with Crippen LogP contribution >= 0.6 is 11.6 Å². The van der Waals surface area contributed by atoms with E-state index < -0.39 is 0 Å². The zero-order valence-corrected chi connectivity index (χ0v) is 21.9. The smallest absolute Gasteiger partial charge is 0.224 e. The third kappa shape index (κ3) is 5.70. The molecule has 6 nitrogen and oxygen atoms in total. The molecule has 2 aromatic carbocycles. The first-order valence-electron chi connectivity index (χ1n) is 12.7. The van der Waals surface area contributed by atoms with Crippen LogP contribution in [0.15, 0.2) is 66.9 Å². The Labute approximate surface area is 222 Å². The third-order valence-corrected chi connectivity index (χ3v) is 7.50. The van der Waals surface area contributed by atoms with E-state index in [2.05, 4.69) is 40.7 Å².